The molecule has 1 fully saturated rings. The van der Waals surface area contributed by atoms with Crippen molar-refractivity contribution in [1.82, 2.24) is 4.90 Å². The molecule has 0 aromatic heterocycles. The van der Waals surface area contributed by atoms with Crippen LogP contribution in [0.5, 0.6) is 0 Å². The third kappa shape index (κ3) is 3.48. The van der Waals surface area contributed by atoms with E-state index in [0.29, 0.717) is 12.1 Å². The van der Waals surface area contributed by atoms with Gasteiger partial charge in [0.1, 0.15) is 5.82 Å². The van der Waals surface area contributed by atoms with Crippen LogP contribution in [-0.4, -0.2) is 22.9 Å². The summed E-state index contributed by atoms with van der Waals surface area (Å²) in [6.45, 7) is 2.02. The Morgan fingerprint density at radius 2 is 2.11 bits per heavy atom. The van der Waals surface area contributed by atoms with Gasteiger partial charge in [-0.25, -0.2) is 4.39 Å². The van der Waals surface area contributed by atoms with Gasteiger partial charge in [0, 0.05) is 18.5 Å². The van der Waals surface area contributed by atoms with E-state index in [1.165, 1.54) is 12.1 Å². The summed E-state index contributed by atoms with van der Waals surface area (Å²) in [7, 11) is 0. The summed E-state index contributed by atoms with van der Waals surface area (Å²) < 4.78 is 13.3. The third-order valence-corrected chi connectivity index (χ3v) is 3.33. The number of likely N-dealkylation sites (tertiary alicyclic amines) is 1. The van der Waals surface area contributed by atoms with Crippen LogP contribution in [0.3, 0.4) is 0 Å². The van der Waals surface area contributed by atoms with E-state index < -0.39 is 10.7 Å². The number of benzene rings is 1. The topological polar surface area (TPSA) is 70.2 Å². The lowest BCUT2D eigenvalue weighted by molar-refractivity contribution is -0.385. The number of piperidine rings is 1. The van der Waals surface area contributed by atoms with Gasteiger partial charge in [0.15, 0.2) is 0 Å². The zero-order chi connectivity index (χ0) is 13.8. The van der Waals surface area contributed by atoms with E-state index in [0.717, 1.165) is 32.0 Å². The van der Waals surface area contributed by atoms with Crippen LogP contribution in [0.25, 0.3) is 0 Å². The summed E-state index contributed by atoms with van der Waals surface area (Å²) in [6, 6.07) is 5.89. The van der Waals surface area contributed by atoms with Crippen molar-refractivity contribution in [3.63, 3.8) is 0 Å². The molecule has 1 heterocycles. The van der Waals surface area contributed by atoms with Crippen molar-refractivity contribution < 1.29 is 9.31 Å². The SMILES string of the molecule is N#CC1CCN(Cc2cc(F)cc([N+](=O)[O-])c2)CC1. The number of hydrogen-bond donors (Lipinski definition) is 0. The van der Waals surface area contributed by atoms with E-state index in [9.17, 15) is 14.5 Å². The molecule has 6 heteroatoms. The van der Waals surface area contributed by atoms with Gasteiger partial charge >= 0.3 is 0 Å². The maximum absolute atomic E-state index is 13.3. The van der Waals surface area contributed by atoms with Gasteiger partial charge < -0.3 is 0 Å². The number of hydrogen-bond acceptors (Lipinski definition) is 4. The molecular formula is C13H14FN3O2. The van der Waals surface area contributed by atoms with Crippen LogP contribution < -0.4 is 0 Å². The fourth-order valence-electron chi connectivity index (χ4n) is 2.31. The van der Waals surface area contributed by atoms with E-state index in [1.807, 2.05) is 0 Å². The lowest BCUT2D eigenvalue weighted by Crippen LogP contribution is -2.32. The number of nitrogens with zero attached hydrogens (tertiary/aromatic N) is 3. The molecule has 1 aliphatic rings. The van der Waals surface area contributed by atoms with Crippen molar-refractivity contribution in [2.45, 2.75) is 19.4 Å². The number of nitro groups is 1. The molecule has 1 aromatic carbocycles. The summed E-state index contributed by atoms with van der Waals surface area (Å²) in [4.78, 5) is 12.2. The molecule has 0 unspecified atom stereocenters. The van der Waals surface area contributed by atoms with Crippen molar-refractivity contribution in [2.24, 2.45) is 5.92 Å². The fraction of sp³-hybridized carbons (Fsp3) is 0.462. The maximum Gasteiger partial charge on any atom is 0.272 e. The van der Waals surface area contributed by atoms with Crippen molar-refractivity contribution >= 4 is 5.69 Å². The number of non-ortho nitro benzene ring substituents is 1. The molecule has 1 aliphatic heterocycles. The molecule has 0 saturated carbocycles. The Morgan fingerprint density at radius 1 is 1.42 bits per heavy atom. The highest BCUT2D eigenvalue weighted by Crippen LogP contribution is 2.21. The summed E-state index contributed by atoms with van der Waals surface area (Å²) in [5, 5.41) is 19.5. The van der Waals surface area contributed by atoms with Gasteiger partial charge in [-0.15, -0.1) is 0 Å². The first-order valence-corrected chi connectivity index (χ1v) is 6.14. The predicted octanol–water partition coefficient (Wildman–Crippen LogP) is 2.47. The van der Waals surface area contributed by atoms with Gasteiger partial charge in [0.25, 0.3) is 5.69 Å². The molecule has 0 bridgehead atoms. The first-order valence-electron chi connectivity index (χ1n) is 6.14. The summed E-state index contributed by atoms with van der Waals surface area (Å²) in [5.74, 6) is -0.491. The fourth-order valence-corrected chi connectivity index (χ4v) is 2.31. The number of nitriles is 1. The normalized spacial score (nSPS) is 17.1. The Morgan fingerprint density at radius 3 is 2.68 bits per heavy atom. The number of nitro benzene ring substituents is 1. The molecule has 2 rings (SSSR count). The largest absolute Gasteiger partial charge is 0.299 e. The second-order valence-electron chi connectivity index (χ2n) is 4.75. The maximum atomic E-state index is 13.3. The van der Waals surface area contributed by atoms with Gasteiger partial charge in [-0.1, -0.05) is 0 Å². The van der Waals surface area contributed by atoms with E-state index >= 15 is 0 Å². The molecule has 5 nitrogen and oxygen atoms in total. The second-order valence-corrected chi connectivity index (χ2v) is 4.75. The molecule has 1 saturated heterocycles. The van der Waals surface area contributed by atoms with E-state index in [4.69, 9.17) is 5.26 Å². The summed E-state index contributed by atoms with van der Waals surface area (Å²) in [6.07, 6.45) is 1.60. The average Bonchev–Trinajstić information content (AvgIpc) is 2.39. The van der Waals surface area contributed by atoms with Crippen molar-refractivity contribution in [1.29, 1.82) is 5.26 Å². The van der Waals surface area contributed by atoms with Crippen molar-refractivity contribution in [3.05, 3.63) is 39.7 Å². The Bertz CT molecular complexity index is 519. The van der Waals surface area contributed by atoms with Gasteiger partial charge in [0.05, 0.1) is 17.1 Å². The van der Waals surface area contributed by atoms with E-state index in [-0.39, 0.29) is 11.6 Å². The Hall–Kier alpha value is -2.00. The zero-order valence-electron chi connectivity index (χ0n) is 10.4. The number of rotatable bonds is 3. The van der Waals surface area contributed by atoms with Crippen LogP contribution in [0.4, 0.5) is 10.1 Å². The van der Waals surface area contributed by atoms with Gasteiger partial charge in [-0.05, 0) is 37.6 Å². The highest BCUT2D eigenvalue weighted by molar-refractivity contribution is 5.35. The van der Waals surface area contributed by atoms with Crippen LogP contribution >= 0.6 is 0 Å². The molecule has 0 aliphatic carbocycles. The molecular weight excluding hydrogens is 249 g/mol. The van der Waals surface area contributed by atoms with Crippen LogP contribution in [0.15, 0.2) is 18.2 Å². The first kappa shape index (κ1) is 13.4. The van der Waals surface area contributed by atoms with Crippen LogP contribution in [-0.2, 0) is 6.54 Å². The van der Waals surface area contributed by atoms with Crippen LogP contribution in [0.2, 0.25) is 0 Å². The molecule has 0 amide bonds. The molecule has 1 aromatic rings. The second kappa shape index (κ2) is 5.76. The minimum atomic E-state index is -0.589. The van der Waals surface area contributed by atoms with E-state index in [1.54, 1.807) is 0 Å². The Kier molecular flexibility index (Phi) is 4.07. The summed E-state index contributed by atoms with van der Waals surface area (Å²) in [5.41, 5.74) is 0.379. The number of halogens is 1. The highest BCUT2D eigenvalue weighted by Gasteiger charge is 2.19. The zero-order valence-corrected chi connectivity index (χ0v) is 10.4. The minimum absolute atomic E-state index is 0.0955. The molecule has 0 radical (unpaired) electrons. The highest BCUT2D eigenvalue weighted by atomic mass is 19.1. The predicted molar refractivity (Wildman–Crippen MR) is 66.7 cm³/mol. The monoisotopic (exact) mass is 263 g/mol. The van der Waals surface area contributed by atoms with Gasteiger partial charge in [-0.3, -0.25) is 15.0 Å². The van der Waals surface area contributed by atoms with Crippen LogP contribution in [0.1, 0.15) is 18.4 Å². The lowest BCUT2D eigenvalue weighted by Gasteiger charge is -2.28. The Balaban J connectivity index is 2.04. The summed E-state index contributed by atoms with van der Waals surface area (Å²) >= 11 is 0. The molecule has 19 heavy (non-hydrogen) atoms. The first-order chi connectivity index (χ1) is 9.08. The van der Waals surface area contributed by atoms with Crippen molar-refractivity contribution in [2.75, 3.05) is 13.1 Å². The lowest BCUT2D eigenvalue weighted by atomic mass is 9.98. The molecule has 100 valence electrons. The molecule has 0 atom stereocenters. The van der Waals surface area contributed by atoms with Gasteiger partial charge in [0.2, 0.25) is 0 Å². The average molecular weight is 263 g/mol. The standard InChI is InChI=1S/C13H14FN3O2/c14-12-5-11(6-13(7-12)17(18)19)9-16-3-1-10(8-15)2-4-16/h5-7,10H,1-4,9H2. The molecule has 0 spiro atoms. The smallest absolute Gasteiger partial charge is 0.272 e. The Labute approximate surface area is 110 Å². The minimum Gasteiger partial charge on any atom is -0.299 e. The van der Waals surface area contributed by atoms with Crippen molar-refractivity contribution in [3.8, 4) is 6.07 Å². The molecule has 0 N–H and O–H groups in total. The quantitative estimate of drug-likeness (QED) is 0.620. The third-order valence-electron chi connectivity index (χ3n) is 3.33. The van der Waals surface area contributed by atoms with Crippen LogP contribution in [0, 0.1) is 33.2 Å². The van der Waals surface area contributed by atoms with Gasteiger partial charge in [-0.2, -0.15) is 5.26 Å². The van der Waals surface area contributed by atoms with E-state index in [2.05, 4.69) is 11.0 Å².